The van der Waals surface area contributed by atoms with Gasteiger partial charge >= 0.3 is 17.8 Å². The molecule has 0 unspecified atom stereocenters. The summed E-state index contributed by atoms with van der Waals surface area (Å²) in [5.41, 5.74) is -0.636. The molecule has 0 saturated heterocycles. The summed E-state index contributed by atoms with van der Waals surface area (Å²) < 4.78 is 99.2. The van der Waals surface area contributed by atoms with E-state index in [1.54, 1.807) is 54.6 Å². The number of benzene rings is 6. The van der Waals surface area contributed by atoms with Gasteiger partial charge in [0.1, 0.15) is 5.75 Å². The summed E-state index contributed by atoms with van der Waals surface area (Å²) in [5, 5.41) is 7.61. The van der Waals surface area contributed by atoms with E-state index in [9.17, 15) is 0 Å². The average Bonchev–Trinajstić information content (AvgIpc) is 3.80. The summed E-state index contributed by atoms with van der Waals surface area (Å²) in [5.74, 6) is -15.2. The van der Waals surface area contributed by atoms with Gasteiger partial charge in [-0.3, -0.25) is 0 Å². The maximum atomic E-state index is 15.7. The number of halogens is 6. The molecule has 0 aliphatic heterocycles. The molecule has 2 heterocycles. The van der Waals surface area contributed by atoms with Crippen LogP contribution in [0.2, 0.25) is 0 Å². The van der Waals surface area contributed by atoms with E-state index in [4.69, 9.17) is 4.74 Å². The number of rotatable bonds is 10. The van der Waals surface area contributed by atoms with Crippen molar-refractivity contribution >= 4 is 66.1 Å². The monoisotopic (exact) mass is 792 g/mol. The summed E-state index contributed by atoms with van der Waals surface area (Å²) in [6, 6.07) is 38.1. The summed E-state index contributed by atoms with van der Waals surface area (Å²) in [4.78, 5) is 1.50. The van der Waals surface area contributed by atoms with Crippen LogP contribution in [0.3, 0.4) is 0 Å². The van der Waals surface area contributed by atoms with Crippen LogP contribution in [0.15, 0.2) is 121 Å². The highest BCUT2D eigenvalue weighted by atomic mass is 32.1. The largest absolute Gasteiger partial charge is 0.494 e. The number of allylic oxidation sites excluding steroid dienone is 2. The Kier molecular flexibility index (Phi) is 8.82. The van der Waals surface area contributed by atoms with E-state index in [-0.39, 0.29) is 20.9 Å². The molecule has 9 heteroatoms. The first-order valence-electron chi connectivity index (χ1n) is 18.4. The zero-order valence-corrected chi connectivity index (χ0v) is 32.0. The molecule has 0 spiro atoms. The Morgan fingerprint density at radius 2 is 1.07 bits per heavy atom. The summed E-state index contributed by atoms with van der Waals surface area (Å²) >= 11 is 2.20. The molecule has 1 aliphatic rings. The Bertz CT molecular complexity index is 2760. The Morgan fingerprint density at radius 1 is 0.536 bits per heavy atom. The van der Waals surface area contributed by atoms with E-state index >= 15 is 26.3 Å². The van der Waals surface area contributed by atoms with Crippen molar-refractivity contribution in [3.8, 4) is 26.6 Å². The predicted octanol–water partition coefficient (Wildman–Crippen LogP) is 14.9. The fraction of sp³-hybridized carbons (Fsp3) is 0.191. The van der Waals surface area contributed by atoms with Gasteiger partial charge in [-0.15, -0.1) is 22.7 Å². The number of ether oxygens (including phenoxy) is 1. The standard InChI is InChI=1S/C47H34F6OS2/c1-27-37(25-39(55-27)30-10-4-3-5-11-30)43-44(46(50,51)47(52,53)45(43,48)49)38-26-40(56-28(38)2)31-18-21-35(22-19-31)54-24-7-6-9-29-14-15-34-17-16-32-12-8-13-33-20-23-36(29)42(34)41(32)33/h3-5,8,10-23,25-26H,6-7,9,24H2,1-2H3. The Hall–Kier alpha value is -5.12. The topological polar surface area (TPSA) is 9.23 Å². The minimum Gasteiger partial charge on any atom is -0.494 e. The Labute approximate surface area is 327 Å². The molecule has 0 atom stereocenters. The van der Waals surface area contributed by atoms with E-state index in [0.29, 0.717) is 33.2 Å². The molecule has 8 aromatic rings. The quantitative estimate of drug-likeness (QED) is 0.0761. The molecule has 0 fully saturated rings. The maximum Gasteiger partial charge on any atom is 0.380 e. The van der Waals surface area contributed by atoms with Crippen LogP contribution < -0.4 is 4.74 Å². The van der Waals surface area contributed by atoms with Gasteiger partial charge in [0.25, 0.3) is 0 Å². The van der Waals surface area contributed by atoms with Crippen LogP contribution in [0.25, 0.3) is 64.3 Å². The van der Waals surface area contributed by atoms with Gasteiger partial charge in [0.2, 0.25) is 0 Å². The van der Waals surface area contributed by atoms with Gasteiger partial charge in [0.05, 0.1) is 6.61 Å². The summed E-state index contributed by atoms with van der Waals surface area (Å²) in [7, 11) is 0. The van der Waals surface area contributed by atoms with E-state index in [1.807, 2.05) is 0 Å². The molecular weight excluding hydrogens is 759 g/mol. The normalized spacial score (nSPS) is 16.1. The van der Waals surface area contributed by atoms with Crippen molar-refractivity contribution in [3.63, 3.8) is 0 Å². The first-order chi connectivity index (χ1) is 26.9. The molecule has 0 bridgehead atoms. The predicted molar refractivity (Wildman–Crippen MR) is 219 cm³/mol. The lowest BCUT2D eigenvalue weighted by Gasteiger charge is -2.25. The number of unbranched alkanes of at least 4 members (excludes halogenated alkanes) is 1. The van der Waals surface area contributed by atoms with Crippen LogP contribution >= 0.6 is 22.7 Å². The molecular formula is C47H34F6OS2. The Morgan fingerprint density at radius 3 is 1.68 bits per heavy atom. The minimum absolute atomic E-state index is 0.238. The summed E-state index contributed by atoms with van der Waals surface area (Å²) in [6.45, 7) is 3.48. The molecule has 0 saturated carbocycles. The molecule has 0 amide bonds. The van der Waals surface area contributed by atoms with E-state index < -0.39 is 28.9 Å². The second-order valence-electron chi connectivity index (χ2n) is 14.4. The van der Waals surface area contributed by atoms with Crippen LogP contribution in [-0.4, -0.2) is 24.4 Å². The van der Waals surface area contributed by atoms with Crippen LogP contribution in [-0.2, 0) is 6.42 Å². The van der Waals surface area contributed by atoms with Gasteiger partial charge in [0, 0.05) is 30.7 Å². The van der Waals surface area contributed by atoms with E-state index in [0.717, 1.165) is 41.9 Å². The highest BCUT2D eigenvalue weighted by Gasteiger charge is 2.80. The molecule has 2 aromatic heterocycles. The van der Waals surface area contributed by atoms with Gasteiger partial charge in [-0.1, -0.05) is 84.9 Å². The average molecular weight is 793 g/mol. The first-order valence-corrected chi connectivity index (χ1v) is 20.0. The SMILES string of the molecule is Cc1sc(-c2ccccc2)cc1C1=C(c2cc(-c3ccc(OCCCCc4ccc5ccc6cccc7ccc4c5c67)cc3)sc2C)C(F)(F)C(F)(F)C1(F)F. The summed E-state index contributed by atoms with van der Waals surface area (Å²) in [6.07, 6.45) is 2.67. The lowest BCUT2D eigenvalue weighted by atomic mass is 9.91. The zero-order valence-electron chi connectivity index (χ0n) is 30.4. The third-order valence-electron chi connectivity index (χ3n) is 11.0. The number of alkyl halides is 6. The second-order valence-corrected chi connectivity index (χ2v) is 16.9. The lowest BCUT2D eigenvalue weighted by Crippen LogP contribution is -2.48. The highest BCUT2D eigenvalue weighted by molar-refractivity contribution is 7.16. The van der Waals surface area contributed by atoms with Crippen molar-refractivity contribution in [2.45, 2.75) is 50.9 Å². The van der Waals surface area contributed by atoms with Gasteiger partial charge in [-0.05, 0) is 130 Å². The van der Waals surface area contributed by atoms with Crippen molar-refractivity contribution in [2.75, 3.05) is 6.61 Å². The van der Waals surface area contributed by atoms with Gasteiger partial charge in [-0.25, -0.2) is 0 Å². The van der Waals surface area contributed by atoms with Crippen molar-refractivity contribution in [1.29, 1.82) is 0 Å². The maximum absolute atomic E-state index is 15.7. The molecule has 6 aromatic carbocycles. The molecule has 56 heavy (non-hydrogen) atoms. The Balaban J connectivity index is 0.925. The fourth-order valence-electron chi connectivity index (χ4n) is 8.12. The molecule has 282 valence electrons. The number of hydrogen-bond donors (Lipinski definition) is 0. The van der Waals surface area contributed by atoms with E-state index in [1.165, 1.54) is 63.9 Å². The smallest absolute Gasteiger partial charge is 0.380 e. The van der Waals surface area contributed by atoms with Crippen LogP contribution in [0.1, 0.15) is 39.3 Å². The number of hydrogen-bond acceptors (Lipinski definition) is 3. The van der Waals surface area contributed by atoms with Crippen LogP contribution in [0.5, 0.6) is 5.75 Å². The molecule has 0 radical (unpaired) electrons. The van der Waals surface area contributed by atoms with Crippen molar-refractivity contribution in [2.24, 2.45) is 0 Å². The van der Waals surface area contributed by atoms with Gasteiger partial charge in [-0.2, -0.15) is 26.3 Å². The lowest BCUT2D eigenvalue weighted by molar-refractivity contribution is -0.254. The fourth-order valence-corrected chi connectivity index (χ4v) is 10.2. The van der Waals surface area contributed by atoms with Crippen LogP contribution in [0.4, 0.5) is 26.3 Å². The van der Waals surface area contributed by atoms with Crippen molar-refractivity contribution in [1.82, 2.24) is 0 Å². The van der Waals surface area contributed by atoms with Gasteiger partial charge in [0.15, 0.2) is 0 Å². The first kappa shape index (κ1) is 36.5. The second kappa shape index (κ2) is 13.5. The van der Waals surface area contributed by atoms with Crippen LogP contribution in [0, 0.1) is 13.8 Å². The number of thiophene rings is 2. The zero-order chi connectivity index (χ0) is 39.0. The molecule has 9 rings (SSSR count). The minimum atomic E-state index is -5.62. The van der Waals surface area contributed by atoms with Gasteiger partial charge < -0.3 is 4.74 Å². The number of aryl methyl sites for hydroxylation is 3. The highest BCUT2D eigenvalue weighted by Crippen LogP contribution is 2.66. The van der Waals surface area contributed by atoms with Crippen molar-refractivity contribution < 1.29 is 31.1 Å². The molecule has 1 nitrogen and oxygen atoms in total. The molecule has 0 N–H and O–H groups in total. The van der Waals surface area contributed by atoms with E-state index in [2.05, 4.69) is 54.6 Å². The third-order valence-corrected chi connectivity index (χ3v) is 13.2. The van der Waals surface area contributed by atoms with Crippen molar-refractivity contribution in [3.05, 3.63) is 148 Å². The third kappa shape index (κ3) is 5.73. The molecule has 1 aliphatic carbocycles.